The molecule has 5 atom stereocenters. The summed E-state index contributed by atoms with van der Waals surface area (Å²) in [6, 6.07) is 11.0. The summed E-state index contributed by atoms with van der Waals surface area (Å²) in [4.78, 5) is 207. The normalized spacial score (nSPS) is 12.5. The van der Waals surface area contributed by atoms with Crippen molar-refractivity contribution < 1.29 is 145 Å². The number of nitrogens with zero attached hydrogens (tertiary/aromatic N) is 1. The van der Waals surface area contributed by atoms with Gasteiger partial charge in [-0.25, -0.2) is 14.6 Å². The second-order valence-corrected chi connectivity index (χ2v) is 34.5. The lowest BCUT2D eigenvalue weighted by molar-refractivity contribution is -0.144. The number of carbonyl (C=O) groups excluding carboxylic acids is 12. The lowest BCUT2D eigenvalue weighted by Crippen LogP contribution is -2.45. The predicted molar refractivity (Wildman–Crippen MR) is 501 cm³/mol. The number of amides is 4. The van der Waals surface area contributed by atoms with E-state index in [1.807, 2.05) is 0 Å². The molecular weight excluding hydrogens is 1770 g/mol. The summed E-state index contributed by atoms with van der Waals surface area (Å²) in [7, 11) is 0. The predicted octanol–water partition coefficient (Wildman–Crippen LogP) is 9.27. The Morgan fingerprint density at radius 1 is 0.397 bits per heavy atom. The van der Waals surface area contributed by atoms with Gasteiger partial charge < -0.3 is 105 Å². The zero-order chi connectivity index (χ0) is 99.6. The Hall–Kier alpha value is -10.0. The number of aromatic carboxylic acids is 2. The van der Waals surface area contributed by atoms with Crippen LogP contribution < -0.4 is 41.8 Å². The summed E-state index contributed by atoms with van der Waals surface area (Å²) in [6.45, 7) is 7.54. The molecule has 0 aliphatic carbocycles. The molecule has 38 nitrogen and oxygen atoms in total. The molecule has 0 aliphatic heterocycles. The number of benzene rings is 2. The highest BCUT2D eigenvalue weighted by Crippen LogP contribution is 2.26. The molecule has 0 bridgehead atoms. The lowest BCUT2D eigenvalue weighted by Gasteiger charge is -2.26. The summed E-state index contributed by atoms with van der Waals surface area (Å²) in [5, 5.41) is 51.7. The molecule has 4 amide bonds. The highest BCUT2D eigenvalue weighted by atomic mass is 16.5. The molecule has 0 aliphatic rings. The van der Waals surface area contributed by atoms with E-state index in [4.69, 9.17) is 63.3 Å². The fourth-order valence-corrected chi connectivity index (χ4v) is 14.2. The number of carboxylic acids is 4. The number of unbranched alkanes of at least 4 members (excludes halogenated alkanes) is 14. The van der Waals surface area contributed by atoms with E-state index in [9.17, 15) is 86.9 Å². The topological polar surface area (TPSA) is 561 Å². The second-order valence-electron chi connectivity index (χ2n) is 34.5. The molecule has 0 saturated heterocycles. The maximum absolute atomic E-state index is 14.1. The average Bonchev–Trinajstić information content (AvgIpc) is 1.08. The number of aromatic amines is 1. The summed E-state index contributed by atoms with van der Waals surface area (Å²) >= 11 is 0. The van der Waals surface area contributed by atoms with E-state index < -0.39 is 59.1 Å². The molecule has 0 saturated carbocycles. The first-order valence-corrected chi connectivity index (χ1v) is 48.1. The largest absolute Gasteiger partial charge is 0.494 e. The third-order valence-corrected chi connectivity index (χ3v) is 22.4. The van der Waals surface area contributed by atoms with Crippen molar-refractivity contribution in [1.82, 2.24) is 36.6 Å². The van der Waals surface area contributed by atoms with E-state index in [2.05, 4.69) is 36.6 Å². The van der Waals surface area contributed by atoms with Gasteiger partial charge in [-0.05, 0) is 127 Å². The van der Waals surface area contributed by atoms with Crippen molar-refractivity contribution in [1.29, 1.82) is 0 Å². The monoisotopic (exact) mass is 1920 g/mol. The van der Waals surface area contributed by atoms with Gasteiger partial charge in [-0.3, -0.25) is 67.1 Å². The third-order valence-electron chi connectivity index (χ3n) is 22.4. The summed E-state index contributed by atoms with van der Waals surface area (Å²) < 4.78 is 55.0. The number of ketones is 8. The molecule has 136 heavy (non-hydrogen) atoms. The van der Waals surface area contributed by atoms with Gasteiger partial charge in [-0.1, -0.05) is 96.6 Å². The number of carboxylic acid groups (broad SMARTS) is 4. The molecule has 38 heteroatoms. The number of imidazole rings is 1. The number of H-pyrrole nitrogens is 1. The van der Waals surface area contributed by atoms with Crippen molar-refractivity contribution in [2.45, 2.75) is 258 Å². The minimum atomic E-state index is -1.14. The van der Waals surface area contributed by atoms with Crippen LogP contribution in [0.5, 0.6) is 11.5 Å². The van der Waals surface area contributed by atoms with Crippen LogP contribution in [0.2, 0.25) is 0 Å². The van der Waals surface area contributed by atoms with E-state index in [0.717, 1.165) is 77.0 Å². The minimum Gasteiger partial charge on any atom is -0.494 e. The van der Waals surface area contributed by atoms with Crippen molar-refractivity contribution in [3.05, 3.63) is 77.9 Å². The van der Waals surface area contributed by atoms with Gasteiger partial charge in [-0.2, -0.15) is 0 Å². The van der Waals surface area contributed by atoms with Crippen LogP contribution >= 0.6 is 0 Å². The Morgan fingerprint density at radius 3 is 1.28 bits per heavy atom. The van der Waals surface area contributed by atoms with Gasteiger partial charge in [-0.15, -0.1) is 0 Å². The van der Waals surface area contributed by atoms with Gasteiger partial charge >= 0.3 is 23.9 Å². The highest BCUT2D eigenvalue weighted by Gasteiger charge is 2.34. The van der Waals surface area contributed by atoms with Crippen molar-refractivity contribution in [2.24, 2.45) is 28.9 Å². The van der Waals surface area contributed by atoms with Gasteiger partial charge in [0, 0.05) is 133 Å². The molecule has 3 rings (SSSR count). The molecule has 12 N–H and O–H groups in total. The molecule has 1 aromatic heterocycles. The van der Waals surface area contributed by atoms with E-state index in [0.29, 0.717) is 94.6 Å². The lowest BCUT2D eigenvalue weighted by atomic mass is 9.81. The Morgan fingerprint density at radius 2 is 0.816 bits per heavy atom. The fraction of sp³-hybridized carbons (Fsp3) is 0.684. The maximum Gasteiger partial charge on any atom is 0.335 e. The third kappa shape index (κ3) is 62.7. The van der Waals surface area contributed by atoms with Crippen LogP contribution in [0, 0.1) is 23.2 Å². The van der Waals surface area contributed by atoms with Crippen LogP contribution in [0.1, 0.15) is 265 Å². The van der Waals surface area contributed by atoms with Crippen molar-refractivity contribution in [3.63, 3.8) is 0 Å². The number of Topliss-reactive ketones (excluding diaryl/α,β-unsaturated/α-hetero) is 8. The van der Waals surface area contributed by atoms with E-state index in [-0.39, 0.29) is 303 Å². The summed E-state index contributed by atoms with van der Waals surface area (Å²) in [5.74, 6) is -8.86. The number of hydrogen-bond acceptors (Lipinski definition) is 29. The number of ether oxygens (including phenoxy) is 10. The fourth-order valence-electron chi connectivity index (χ4n) is 14.2. The van der Waals surface area contributed by atoms with Crippen LogP contribution in [-0.4, -0.2) is 288 Å². The molecule has 0 radical (unpaired) electrons. The van der Waals surface area contributed by atoms with Gasteiger partial charge in [0.25, 0.3) is 0 Å². The molecule has 1 heterocycles. The van der Waals surface area contributed by atoms with Crippen molar-refractivity contribution >= 4 is 93.8 Å². The Labute approximate surface area is 798 Å². The summed E-state index contributed by atoms with van der Waals surface area (Å²) in [5.41, 5.74) is 6.08. The Bertz CT molecular complexity index is 3990. The quantitative estimate of drug-likeness (QED) is 0.0234. The minimum absolute atomic E-state index is 0.0232. The number of aromatic nitrogens is 2. The van der Waals surface area contributed by atoms with Crippen molar-refractivity contribution in [3.8, 4) is 11.5 Å². The Kier molecular flexibility index (Phi) is 67.1. The summed E-state index contributed by atoms with van der Waals surface area (Å²) in [6.07, 6.45) is 19.7. The highest BCUT2D eigenvalue weighted by molar-refractivity contribution is 5.95. The van der Waals surface area contributed by atoms with Crippen LogP contribution in [0.3, 0.4) is 0 Å². The molecule has 764 valence electrons. The zero-order valence-electron chi connectivity index (χ0n) is 80.1. The number of nitrogens with one attached hydrogen (secondary N) is 6. The number of rotatable bonds is 93. The van der Waals surface area contributed by atoms with Crippen LogP contribution in [0.4, 0.5) is 0 Å². The van der Waals surface area contributed by atoms with Crippen LogP contribution in [-0.2, 0) is 111 Å². The smallest absolute Gasteiger partial charge is 0.335 e. The van der Waals surface area contributed by atoms with E-state index in [1.54, 1.807) is 44.3 Å². The van der Waals surface area contributed by atoms with Gasteiger partial charge in [0.15, 0.2) is 17.3 Å². The van der Waals surface area contributed by atoms with Gasteiger partial charge in [0.2, 0.25) is 23.6 Å². The second kappa shape index (κ2) is 76.0. The first-order chi connectivity index (χ1) is 65.4. The zero-order valence-corrected chi connectivity index (χ0v) is 80.1. The first kappa shape index (κ1) is 120. The van der Waals surface area contributed by atoms with Gasteiger partial charge in [0.05, 0.1) is 127 Å². The van der Waals surface area contributed by atoms with Crippen LogP contribution in [0.15, 0.2) is 61.1 Å². The number of hydrogen-bond donors (Lipinski definition) is 11. The molecule has 0 fully saturated rings. The molecular formula is C98H152N8O30. The number of aliphatic carboxylic acids is 2. The SMILES string of the molecule is CC(=O)[C@H](CCCCNC(=O)COCCOCCNC(=O)COCCOCCCC(=O)CC[C@H](CC(=O)CCCCCCCCCOc1cccc(C(=O)O)c1)C(=O)O)CC(=O)[C@H](CCCCNC(=O)COCCOCCCC(=O)COCCOCCNC(=O)CC[C@H](CC(=O)CCCCCCCCCOc1cccc(C(=O)O)c1)C(=O)O)NCC(=O)C(C)(C)CC(=O)[C@@H](N)Cc1cnc[nH]1. The number of nitrogens with two attached hydrogens (primary N) is 1. The Balaban J connectivity index is 1.19. The first-order valence-electron chi connectivity index (χ1n) is 48.1. The molecule has 0 unspecified atom stereocenters. The van der Waals surface area contributed by atoms with E-state index >= 15 is 0 Å². The standard InChI is InChI=1S/C98H152N8O30/c1-72(107)73(26-16-18-40-101-91(116)69-134-57-53-130-49-43-104-93(118)70-133-56-50-127-44-24-31-79(108)38-36-76(96(123)124)58-80(109)29-14-10-6-4-8-12-20-46-135-83-33-22-27-74(60-83)94(119)120)62-87(112)86(105-66-89(114)98(2,3)64-88(113)85(99)63-78-65-100-71-106-78)35-17-19-41-102-92(117)68-132-55-51-128-45-25-32-82(111)67-131-54-52-129-48-42-103-90(115)39-37-77(97(125)126)59-81(110)30-15-11-7-5-9-13-21-47-136-84-34-23-28-75(61-84)95(121)122/h22-23,27-28,33-34,60-61,65,71,73,76-77,85-86,105H,4-21,24-26,29-32,35-59,62-64,66-70,99H2,1-3H3,(H,100,106)(H,101,116)(H,102,117)(H,103,115)(H,104,118)(H,119,120)(H,121,122)(H,123,124)(H,125,126)/t73-,76-,77-,85+,86+/m1/s1. The average molecular weight is 1920 g/mol. The molecule has 3 aromatic rings. The molecule has 2 aromatic carbocycles. The van der Waals surface area contributed by atoms with E-state index in [1.165, 1.54) is 37.5 Å². The van der Waals surface area contributed by atoms with Crippen LogP contribution in [0.25, 0.3) is 0 Å². The molecule has 0 spiro atoms. The number of carbonyl (C=O) groups is 16. The van der Waals surface area contributed by atoms with Gasteiger partial charge in [0.1, 0.15) is 66.8 Å². The maximum atomic E-state index is 14.1. The van der Waals surface area contributed by atoms with Crippen molar-refractivity contribution in [2.75, 3.05) is 152 Å².